The fourth-order valence-corrected chi connectivity index (χ4v) is 3.15. The van der Waals surface area contributed by atoms with E-state index in [9.17, 15) is 14.4 Å². The molecular weight excluding hydrogens is 442 g/mol. The first kappa shape index (κ1) is 22.6. The predicted octanol–water partition coefficient (Wildman–Crippen LogP) is 2.98. The molecular formula is C24H21N3O7. The van der Waals surface area contributed by atoms with Gasteiger partial charge in [-0.25, -0.2) is 9.78 Å². The molecule has 10 heteroatoms. The number of ether oxygens (including phenoxy) is 3. The number of nitrogens with one attached hydrogen (secondary N) is 1. The maximum atomic E-state index is 12.6. The van der Waals surface area contributed by atoms with E-state index in [0.29, 0.717) is 22.9 Å². The number of methoxy groups -OCH3 is 1. The van der Waals surface area contributed by atoms with E-state index in [1.54, 1.807) is 37.3 Å². The Morgan fingerprint density at radius 2 is 1.88 bits per heavy atom. The number of anilines is 1. The lowest BCUT2D eigenvalue weighted by molar-refractivity contribution is -0.118. The number of amides is 1. The highest BCUT2D eigenvalue weighted by molar-refractivity contribution is 5.96. The number of esters is 1. The number of rotatable bonds is 8. The zero-order valence-electron chi connectivity index (χ0n) is 18.4. The Labute approximate surface area is 193 Å². The maximum absolute atomic E-state index is 12.6. The van der Waals surface area contributed by atoms with Gasteiger partial charge >= 0.3 is 5.97 Å². The van der Waals surface area contributed by atoms with Gasteiger partial charge in [-0.2, -0.15) is 0 Å². The van der Waals surface area contributed by atoms with Gasteiger partial charge in [0.25, 0.3) is 11.5 Å². The number of hydrogen-bond acceptors (Lipinski definition) is 8. The molecule has 34 heavy (non-hydrogen) atoms. The van der Waals surface area contributed by atoms with E-state index < -0.39 is 17.4 Å². The van der Waals surface area contributed by atoms with Crippen LogP contribution in [0.2, 0.25) is 0 Å². The van der Waals surface area contributed by atoms with E-state index in [4.69, 9.17) is 18.7 Å². The Balaban J connectivity index is 1.42. The average molecular weight is 463 g/mol. The van der Waals surface area contributed by atoms with E-state index in [1.807, 2.05) is 6.07 Å². The topological polar surface area (TPSA) is 121 Å². The van der Waals surface area contributed by atoms with Crippen molar-refractivity contribution >= 4 is 23.2 Å². The first-order valence-corrected chi connectivity index (χ1v) is 10.3. The smallest absolute Gasteiger partial charge is 0.338 e. The van der Waals surface area contributed by atoms with Crippen molar-refractivity contribution in [3.63, 3.8) is 0 Å². The monoisotopic (exact) mass is 463 g/mol. The summed E-state index contributed by atoms with van der Waals surface area (Å²) in [5.41, 5.74) is 0.640. The molecule has 0 bridgehead atoms. The zero-order valence-corrected chi connectivity index (χ0v) is 18.4. The van der Waals surface area contributed by atoms with Crippen molar-refractivity contribution in [2.45, 2.75) is 13.5 Å². The lowest BCUT2D eigenvalue weighted by atomic mass is 10.2. The molecule has 0 saturated heterocycles. The van der Waals surface area contributed by atoms with Gasteiger partial charge in [-0.05, 0) is 37.3 Å². The molecule has 0 spiro atoms. The van der Waals surface area contributed by atoms with Crippen LogP contribution in [0.4, 0.5) is 5.69 Å². The summed E-state index contributed by atoms with van der Waals surface area (Å²) in [7, 11) is 1.45. The first-order valence-electron chi connectivity index (χ1n) is 10.3. The summed E-state index contributed by atoms with van der Waals surface area (Å²) >= 11 is 0. The van der Waals surface area contributed by atoms with Crippen molar-refractivity contribution < 1.29 is 28.3 Å². The van der Waals surface area contributed by atoms with E-state index in [2.05, 4.69) is 10.3 Å². The van der Waals surface area contributed by atoms with Crippen molar-refractivity contribution in [3.8, 4) is 11.5 Å². The highest BCUT2D eigenvalue weighted by Crippen LogP contribution is 2.26. The third-order valence-electron chi connectivity index (χ3n) is 4.70. The number of fused-ring (bicyclic) bond motifs is 1. The molecule has 0 aliphatic heterocycles. The van der Waals surface area contributed by atoms with Crippen molar-refractivity contribution in [1.29, 1.82) is 0 Å². The number of benzene rings is 2. The Bertz CT molecular complexity index is 1390. The summed E-state index contributed by atoms with van der Waals surface area (Å²) in [6.07, 6.45) is 0. The summed E-state index contributed by atoms with van der Waals surface area (Å²) in [5, 5.41) is 2.67. The molecule has 0 fully saturated rings. The van der Waals surface area contributed by atoms with Gasteiger partial charge < -0.3 is 24.1 Å². The van der Waals surface area contributed by atoms with Crippen molar-refractivity contribution in [2.24, 2.45) is 0 Å². The molecule has 2 aromatic heterocycles. The Morgan fingerprint density at radius 3 is 2.65 bits per heavy atom. The van der Waals surface area contributed by atoms with E-state index in [0.717, 1.165) is 4.57 Å². The van der Waals surface area contributed by atoms with Gasteiger partial charge in [0.05, 0.1) is 24.1 Å². The van der Waals surface area contributed by atoms with Crippen molar-refractivity contribution in [1.82, 2.24) is 9.56 Å². The van der Waals surface area contributed by atoms with Gasteiger partial charge in [0.2, 0.25) is 0 Å². The maximum Gasteiger partial charge on any atom is 0.338 e. The number of carbonyl (C=O) groups excluding carboxylic acids is 2. The minimum absolute atomic E-state index is 0.178. The molecule has 0 aliphatic carbocycles. The molecule has 1 amide bonds. The second kappa shape index (κ2) is 9.90. The predicted molar refractivity (Wildman–Crippen MR) is 121 cm³/mol. The largest absolute Gasteiger partial charge is 0.495 e. The van der Waals surface area contributed by atoms with Gasteiger partial charge in [-0.15, -0.1) is 4.57 Å². The fraction of sp³-hybridized carbons (Fsp3) is 0.167. The Kier molecular flexibility index (Phi) is 6.58. The number of carbonyl (C=O) groups is 2. The minimum Gasteiger partial charge on any atom is -0.495 e. The number of aryl methyl sites for hydroxylation is 1. The molecule has 0 unspecified atom stereocenters. The third kappa shape index (κ3) is 5.23. The van der Waals surface area contributed by atoms with Crippen LogP contribution >= 0.6 is 0 Å². The second-order valence-electron chi connectivity index (χ2n) is 7.23. The first-order chi connectivity index (χ1) is 16.4. The van der Waals surface area contributed by atoms with Crippen molar-refractivity contribution in [2.75, 3.05) is 19.0 Å². The highest BCUT2D eigenvalue weighted by atomic mass is 16.5. The second-order valence-corrected chi connectivity index (χ2v) is 7.23. The summed E-state index contributed by atoms with van der Waals surface area (Å²) in [6.45, 7) is 1.26. The third-order valence-corrected chi connectivity index (χ3v) is 4.70. The quantitative estimate of drug-likeness (QED) is 0.396. The van der Waals surface area contributed by atoms with E-state index in [1.165, 1.54) is 31.4 Å². The van der Waals surface area contributed by atoms with Crippen LogP contribution in [0.3, 0.4) is 0 Å². The molecule has 0 atom stereocenters. The highest BCUT2D eigenvalue weighted by Gasteiger charge is 2.15. The molecule has 4 aromatic rings. The molecule has 2 heterocycles. The molecule has 4 rings (SSSR count). The van der Waals surface area contributed by atoms with Crippen LogP contribution in [-0.2, 0) is 16.1 Å². The van der Waals surface area contributed by atoms with Crippen LogP contribution < -0.4 is 20.3 Å². The van der Waals surface area contributed by atoms with Crippen LogP contribution in [0.5, 0.6) is 11.5 Å². The molecule has 1 N–H and O–H groups in total. The van der Waals surface area contributed by atoms with Gasteiger partial charge in [-0.3, -0.25) is 9.59 Å². The van der Waals surface area contributed by atoms with Crippen LogP contribution in [0.25, 0.3) is 5.65 Å². The molecule has 2 aromatic carbocycles. The fourth-order valence-electron chi connectivity index (χ4n) is 3.15. The molecule has 174 valence electrons. The lowest BCUT2D eigenvalue weighted by Crippen LogP contribution is -2.21. The van der Waals surface area contributed by atoms with Crippen LogP contribution in [0, 0.1) is 6.92 Å². The van der Waals surface area contributed by atoms with Crippen molar-refractivity contribution in [3.05, 3.63) is 88.0 Å². The summed E-state index contributed by atoms with van der Waals surface area (Å²) in [5.74, 6) is 0.352. The molecule has 0 aliphatic rings. The zero-order chi connectivity index (χ0) is 24.1. The number of aromatic nitrogens is 2. The van der Waals surface area contributed by atoms with Crippen LogP contribution in [0.15, 0.2) is 70.0 Å². The lowest BCUT2D eigenvalue weighted by Gasteiger charge is -2.12. The number of para-hydroxylation sites is 1. The summed E-state index contributed by atoms with van der Waals surface area (Å²) < 4.78 is 22.3. The number of hydrogen-bond donors (Lipinski definition) is 1. The molecule has 10 nitrogen and oxygen atoms in total. The summed E-state index contributed by atoms with van der Waals surface area (Å²) in [6, 6.07) is 16.2. The Hall–Kier alpha value is -4.60. The van der Waals surface area contributed by atoms with Gasteiger partial charge in [0, 0.05) is 12.1 Å². The van der Waals surface area contributed by atoms with Crippen LogP contribution in [-0.4, -0.2) is 35.2 Å². The van der Waals surface area contributed by atoms with Gasteiger partial charge in [-0.1, -0.05) is 18.2 Å². The Morgan fingerprint density at radius 1 is 1.09 bits per heavy atom. The van der Waals surface area contributed by atoms with E-state index >= 15 is 0 Å². The minimum atomic E-state index is -0.663. The molecule has 0 saturated carbocycles. The normalized spacial score (nSPS) is 10.6. The van der Waals surface area contributed by atoms with Gasteiger partial charge in [0.1, 0.15) is 23.9 Å². The van der Waals surface area contributed by atoms with Crippen LogP contribution in [0.1, 0.15) is 21.8 Å². The average Bonchev–Trinajstić information content (AvgIpc) is 3.22. The SMILES string of the molecule is COc1ccc(C(=O)OCc2cc(=O)n3oc(C)cc3n2)cc1NC(=O)COc1ccccc1. The van der Waals surface area contributed by atoms with E-state index in [-0.39, 0.29) is 30.2 Å². The number of nitrogens with zero attached hydrogens (tertiary/aromatic N) is 2. The standard InChI is InChI=1S/C24H21N3O7/c1-15-10-21-25-17(12-23(29)27(21)34-15)13-33-24(30)16-8-9-20(31-2)19(11-16)26-22(28)14-32-18-6-4-3-5-7-18/h3-12H,13-14H2,1-2H3,(H,26,28). The van der Waals surface area contributed by atoms with Gasteiger partial charge in [0.15, 0.2) is 12.3 Å². The molecule has 0 radical (unpaired) electrons. The summed E-state index contributed by atoms with van der Waals surface area (Å²) in [4.78, 5) is 41.3.